The van der Waals surface area contributed by atoms with Gasteiger partial charge in [-0.15, -0.1) is 0 Å². The number of amides is 1. The number of nitrogens with zero attached hydrogens (tertiary/aromatic N) is 2. The van der Waals surface area contributed by atoms with Gasteiger partial charge in [-0.3, -0.25) is 4.79 Å². The van der Waals surface area contributed by atoms with E-state index in [9.17, 15) is 14.3 Å². The van der Waals surface area contributed by atoms with Crippen LogP contribution in [0.4, 0.5) is 4.39 Å². The number of para-hydroxylation sites is 2. The van der Waals surface area contributed by atoms with Crippen molar-refractivity contribution >= 4 is 16.9 Å². The first-order chi connectivity index (χ1) is 15.6. The smallest absolute Gasteiger partial charge is 0.227 e. The zero-order valence-corrected chi connectivity index (χ0v) is 17.4. The highest BCUT2D eigenvalue weighted by Gasteiger charge is 2.17. The summed E-state index contributed by atoms with van der Waals surface area (Å²) in [7, 11) is 0. The number of halogens is 1. The molecule has 1 amide bonds. The second-order valence-electron chi connectivity index (χ2n) is 7.49. The number of carbonyl (C=O) groups excluding carboxylic acids is 1. The Bertz CT molecular complexity index is 1180. The molecular weight excluding hydrogens is 409 g/mol. The van der Waals surface area contributed by atoms with Crippen molar-refractivity contribution in [3.8, 4) is 5.75 Å². The minimum absolute atomic E-state index is 0.0256. The van der Waals surface area contributed by atoms with Crippen LogP contribution >= 0.6 is 0 Å². The molecule has 0 bridgehead atoms. The number of hydrogen-bond acceptors (Lipinski definition) is 4. The molecule has 0 aliphatic carbocycles. The molecule has 0 spiro atoms. The van der Waals surface area contributed by atoms with Gasteiger partial charge in [-0.25, -0.2) is 9.37 Å². The molecule has 0 saturated heterocycles. The average Bonchev–Trinajstić information content (AvgIpc) is 3.15. The Morgan fingerprint density at radius 3 is 2.53 bits per heavy atom. The van der Waals surface area contributed by atoms with E-state index in [1.54, 1.807) is 0 Å². The standard InChI is InChI=1S/C25H24FN3O3/c26-19-10-12-21(13-11-19)32-17-20(30)16-29-23-9-5-4-8-22(23)28-24(29)14-25(31)27-15-18-6-2-1-3-7-18/h1-13,20,30H,14-17H2,(H,27,31). The van der Waals surface area contributed by atoms with E-state index in [0.29, 0.717) is 18.1 Å². The fraction of sp³-hybridized carbons (Fsp3) is 0.200. The summed E-state index contributed by atoms with van der Waals surface area (Å²) in [6.07, 6.45) is -0.753. The van der Waals surface area contributed by atoms with Gasteiger partial charge in [-0.1, -0.05) is 42.5 Å². The molecular formula is C25H24FN3O3. The molecule has 164 valence electrons. The van der Waals surface area contributed by atoms with Gasteiger partial charge < -0.3 is 19.7 Å². The average molecular weight is 433 g/mol. The van der Waals surface area contributed by atoms with E-state index in [0.717, 1.165) is 16.6 Å². The Morgan fingerprint density at radius 1 is 1.03 bits per heavy atom. The predicted molar refractivity (Wildman–Crippen MR) is 120 cm³/mol. The molecule has 1 heterocycles. The molecule has 32 heavy (non-hydrogen) atoms. The Labute approximate surface area is 185 Å². The number of imidazole rings is 1. The lowest BCUT2D eigenvalue weighted by atomic mass is 10.2. The van der Waals surface area contributed by atoms with Crippen molar-refractivity contribution in [2.45, 2.75) is 25.6 Å². The summed E-state index contributed by atoms with van der Waals surface area (Å²) in [5.74, 6) is 0.541. The number of nitrogens with one attached hydrogen (secondary N) is 1. The number of rotatable bonds is 9. The van der Waals surface area contributed by atoms with Crippen LogP contribution in [0.15, 0.2) is 78.9 Å². The minimum Gasteiger partial charge on any atom is -0.491 e. The van der Waals surface area contributed by atoms with Crippen molar-refractivity contribution in [1.29, 1.82) is 0 Å². The van der Waals surface area contributed by atoms with Crippen LogP contribution in [-0.4, -0.2) is 33.3 Å². The molecule has 2 N–H and O–H groups in total. The second-order valence-corrected chi connectivity index (χ2v) is 7.49. The maximum absolute atomic E-state index is 13.0. The summed E-state index contributed by atoms with van der Waals surface area (Å²) < 4.78 is 20.4. The highest BCUT2D eigenvalue weighted by Crippen LogP contribution is 2.18. The maximum atomic E-state index is 13.0. The van der Waals surface area contributed by atoms with Gasteiger partial charge >= 0.3 is 0 Å². The van der Waals surface area contributed by atoms with E-state index in [4.69, 9.17) is 4.74 Å². The zero-order valence-electron chi connectivity index (χ0n) is 17.4. The Balaban J connectivity index is 1.43. The Kier molecular flexibility index (Phi) is 6.77. The number of aliphatic hydroxyl groups excluding tert-OH is 1. The number of benzene rings is 3. The van der Waals surface area contributed by atoms with Crippen molar-refractivity contribution in [3.05, 3.63) is 96.1 Å². The second kappa shape index (κ2) is 10.1. The van der Waals surface area contributed by atoms with E-state index in [1.807, 2.05) is 59.2 Å². The topological polar surface area (TPSA) is 76.4 Å². The third-order valence-corrected chi connectivity index (χ3v) is 5.03. The third kappa shape index (κ3) is 5.50. The number of ether oxygens (including phenoxy) is 1. The fourth-order valence-corrected chi connectivity index (χ4v) is 3.45. The van der Waals surface area contributed by atoms with Gasteiger partial charge in [0.25, 0.3) is 0 Å². The molecule has 1 aromatic heterocycles. The van der Waals surface area contributed by atoms with Crippen LogP contribution in [0.3, 0.4) is 0 Å². The van der Waals surface area contributed by atoms with Crippen LogP contribution in [0.2, 0.25) is 0 Å². The molecule has 4 aromatic rings. The van der Waals surface area contributed by atoms with E-state index in [2.05, 4.69) is 10.3 Å². The van der Waals surface area contributed by atoms with Crippen molar-refractivity contribution in [3.63, 3.8) is 0 Å². The molecule has 7 heteroatoms. The quantitative estimate of drug-likeness (QED) is 0.424. The first-order valence-corrected chi connectivity index (χ1v) is 10.4. The number of hydrogen-bond donors (Lipinski definition) is 2. The van der Waals surface area contributed by atoms with Crippen LogP contribution < -0.4 is 10.1 Å². The number of fused-ring (bicyclic) bond motifs is 1. The summed E-state index contributed by atoms with van der Waals surface area (Å²) in [4.78, 5) is 17.2. The molecule has 0 radical (unpaired) electrons. The normalized spacial score (nSPS) is 11.9. The van der Waals surface area contributed by atoms with E-state index >= 15 is 0 Å². The number of aromatic nitrogens is 2. The van der Waals surface area contributed by atoms with Gasteiger partial charge in [-0.2, -0.15) is 0 Å². The van der Waals surface area contributed by atoms with Crippen LogP contribution in [0, 0.1) is 5.82 Å². The molecule has 0 aliphatic rings. The van der Waals surface area contributed by atoms with Gasteiger partial charge in [0.1, 0.15) is 30.1 Å². The van der Waals surface area contributed by atoms with Crippen LogP contribution in [0.5, 0.6) is 5.75 Å². The van der Waals surface area contributed by atoms with Crippen LogP contribution in [-0.2, 0) is 24.3 Å². The summed E-state index contributed by atoms with van der Waals surface area (Å²) >= 11 is 0. The van der Waals surface area contributed by atoms with Crippen molar-refractivity contribution in [2.75, 3.05) is 6.61 Å². The molecule has 0 aliphatic heterocycles. The van der Waals surface area contributed by atoms with Gasteiger partial charge in [0.05, 0.1) is 24.0 Å². The first-order valence-electron chi connectivity index (χ1n) is 10.4. The summed E-state index contributed by atoms with van der Waals surface area (Å²) in [5.41, 5.74) is 2.60. The minimum atomic E-state index is -0.844. The number of aliphatic hydroxyl groups is 1. The first kappa shape index (κ1) is 21.5. The van der Waals surface area contributed by atoms with Crippen molar-refractivity contribution in [2.24, 2.45) is 0 Å². The van der Waals surface area contributed by atoms with Gasteiger partial charge in [0.15, 0.2) is 0 Å². The van der Waals surface area contributed by atoms with E-state index in [-0.39, 0.29) is 31.3 Å². The molecule has 6 nitrogen and oxygen atoms in total. The van der Waals surface area contributed by atoms with Crippen LogP contribution in [0.25, 0.3) is 11.0 Å². The highest BCUT2D eigenvalue weighted by atomic mass is 19.1. The van der Waals surface area contributed by atoms with Gasteiger partial charge in [0, 0.05) is 6.54 Å². The monoisotopic (exact) mass is 433 g/mol. The molecule has 0 fully saturated rings. The largest absolute Gasteiger partial charge is 0.491 e. The third-order valence-electron chi connectivity index (χ3n) is 5.03. The molecule has 0 saturated carbocycles. The molecule has 4 rings (SSSR count). The summed E-state index contributed by atoms with van der Waals surface area (Å²) in [5, 5.41) is 13.5. The summed E-state index contributed by atoms with van der Waals surface area (Å²) in [6.45, 7) is 0.675. The Morgan fingerprint density at radius 2 is 1.75 bits per heavy atom. The lowest BCUT2D eigenvalue weighted by Gasteiger charge is -2.16. The van der Waals surface area contributed by atoms with E-state index in [1.165, 1.54) is 24.3 Å². The summed E-state index contributed by atoms with van der Waals surface area (Å²) in [6, 6.07) is 22.9. The van der Waals surface area contributed by atoms with Gasteiger partial charge in [-0.05, 0) is 42.0 Å². The van der Waals surface area contributed by atoms with Crippen molar-refractivity contribution < 1.29 is 19.0 Å². The molecule has 1 unspecified atom stereocenters. The molecule has 3 aromatic carbocycles. The van der Waals surface area contributed by atoms with E-state index < -0.39 is 6.10 Å². The predicted octanol–water partition coefficient (Wildman–Crippen LogP) is 3.47. The maximum Gasteiger partial charge on any atom is 0.227 e. The SMILES string of the molecule is O=C(Cc1nc2ccccc2n1CC(O)COc1ccc(F)cc1)NCc1ccccc1. The Hall–Kier alpha value is -3.71. The lowest BCUT2D eigenvalue weighted by Crippen LogP contribution is -2.28. The lowest BCUT2D eigenvalue weighted by molar-refractivity contribution is -0.120. The number of carbonyl (C=O) groups is 1. The fourth-order valence-electron chi connectivity index (χ4n) is 3.45. The zero-order chi connectivity index (χ0) is 22.3. The highest BCUT2D eigenvalue weighted by molar-refractivity contribution is 5.81. The van der Waals surface area contributed by atoms with Gasteiger partial charge in [0.2, 0.25) is 5.91 Å². The molecule has 1 atom stereocenters. The van der Waals surface area contributed by atoms with Crippen molar-refractivity contribution in [1.82, 2.24) is 14.9 Å². The van der Waals surface area contributed by atoms with Crippen LogP contribution in [0.1, 0.15) is 11.4 Å².